The monoisotopic (exact) mass is 349 g/mol. The molecule has 0 atom stereocenters. The summed E-state index contributed by atoms with van der Waals surface area (Å²) in [6, 6.07) is 8.66. The van der Waals surface area contributed by atoms with Crippen molar-refractivity contribution in [3.05, 3.63) is 57.0 Å². The zero-order valence-electron chi connectivity index (χ0n) is 11.5. The van der Waals surface area contributed by atoms with Crippen LogP contribution < -0.4 is 21.4 Å². The van der Waals surface area contributed by atoms with Gasteiger partial charge in [0.25, 0.3) is 5.52 Å². The number of primary amides is 1. The van der Waals surface area contributed by atoms with E-state index in [4.69, 9.17) is 28.9 Å². The zero-order chi connectivity index (χ0) is 16.6. The lowest BCUT2D eigenvalue weighted by molar-refractivity contribution is -0.639. The molecular weight excluding hydrogens is 341 g/mol. The molecule has 0 aliphatic rings. The van der Waals surface area contributed by atoms with Crippen molar-refractivity contribution in [2.75, 3.05) is 0 Å². The number of nitrogens with two attached hydrogens (primary N) is 1. The van der Waals surface area contributed by atoms with Crippen LogP contribution in [0.3, 0.4) is 0 Å². The number of carbonyl (C=O) groups is 1. The quantitative estimate of drug-likeness (QED) is 0.397. The van der Waals surface area contributed by atoms with Gasteiger partial charge >= 0.3 is 6.03 Å². The largest absolute Gasteiger partial charge is 0.594 e. The summed E-state index contributed by atoms with van der Waals surface area (Å²) in [5.41, 5.74) is 7.74. The maximum atomic E-state index is 12.3. The molecule has 0 aliphatic heterocycles. The average molecular weight is 350 g/mol. The molecule has 3 N–H and O–H groups in total. The lowest BCUT2D eigenvalue weighted by Gasteiger charge is -1.96. The van der Waals surface area contributed by atoms with E-state index in [2.05, 4.69) is 15.6 Å². The third kappa shape index (κ3) is 2.96. The van der Waals surface area contributed by atoms with Gasteiger partial charge in [-0.25, -0.2) is 10.2 Å². The molecule has 0 radical (unpaired) electrons. The van der Waals surface area contributed by atoms with Gasteiger partial charge in [0.05, 0.1) is 5.39 Å². The van der Waals surface area contributed by atoms with Crippen LogP contribution in [0.1, 0.15) is 0 Å². The number of fused-ring (bicyclic) bond motifs is 2. The number of aromatic nitrogens is 2. The fourth-order valence-corrected chi connectivity index (χ4v) is 2.51. The number of halogens is 2. The number of nitrogens with one attached hydrogen (secondary N) is 1. The van der Waals surface area contributed by atoms with Crippen LogP contribution in [-0.2, 0) is 0 Å². The van der Waals surface area contributed by atoms with Crippen molar-refractivity contribution in [2.45, 2.75) is 0 Å². The predicted molar refractivity (Wildman–Crippen MR) is 86.5 cm³/mol. The van der Waals surface area contributed by atoms with E-state index < -0.39 is 6.03 Å². The lowest BCUT2D eigenvalue weighted by atomic mass is 10.1. The van der Waals surface area contributed by atoms with Crippen molar-refractivity contribution >= 4 is 51.0 Å². The van der Waals surface area contributed by atoms with Crippen molar-refractivity contribution in [1.82, 2.24) is 10.5 Å². The van der Waals surface area contributed by atoms with Crippen molar-refractivity contribution in [3.8, 4) is 0 Å². The Morgan fingerprint density at radius 3 is 2.52 bits per heavy atom. The minimum atomic E-state index is -0.830. The first-order chi connectivity index (χ1) is 11.0. The summed E-state index contributed by atoms with van der Waals surface area (Å²) in [6.45, 7) is 0. The molecule has 9 heteroatoms. The molecule has 0 saturated heterocycles. The Morgan fingerprint density at radius 1 is 1.17 bits per heavy atom. The number of nitrogens with zero attached hydrogens (tertiary/aromatic N) is 3. The Kier molecular flexibility index (Phi) is 3.89. The summed E-state index contributed by atoms with van der Waals surface area (Å²) in [5, 5.41) is 22.3. The van der Waals surface area contributed by atoms with E-state index in [1.807, 2.05) is 0 Å². The summed E-state index contributed by atoms with van der Waals surface area (Å²) in [7, 11) is 0. The van der Waals surface area contributed by atoms with E-state index in [1.165, 1.54) is 12.1 Å². The standard InChI is InChI=1S/C14H9Cl2N5O2/c15-7-1-3-9-11(5-7)20-21(23)12-6-8(16)2-4-10(12)13(9)18-19-14(17)22/h1-6H,(H3,17,19,22)/b18-13+. The first-order valence-electron chi connectivity index (χ1n) is 6.37. The summed E-state index contributed by atoms with van der Waals surface area (Å²) in [6.07, 6.45) is 0. The third-order valence-electron chi connectivity index (χ3n) is 3.11. The molecule has 0 unspecified atom stereocenters. The van der Waals surface area contributed by atoms with Gasteiger partial charge in [-0.3, -0.25) is 0 Å². The Bertz CT molecular complexity index is 1020. The fraction of sp³-hybridized carbons (Fsp3) is 0. The molecule has 0 fully saturated rings. The van der Waals surface area contributed by atoms with Crippen molar-refractivity contribution in [1.29, 1.82) is 0 Å². The molecule has 1 aromatic heterocycles. The maximum Gasteiger partial charge on any atom is 0.332 e. The Balaban J connectivity index is 2.59. The molecule has 3 aromatic rings. The average Bonchev–Trinajstić information content (AvgIpc) is 2.59. The maximum absolute atomic E-state index is 12.3. The van der Waals surface area contributed by atoms with Crippen LogP contribution in [0.15, 0.2) is 41.5 Å². The lowest BCUT2D eigenvalue weighted by Crippen LogP contribution is -2.30. The number of carbonyl (C=O) groups excluding carboxylic acids is 1. The predicted octanol–water partition coefficient (Wildman–Crippen LogP) is 1.81. The highest BCUT2D eigenvalue weighted by Gasteiger charge is 2.12. The smallest absolute Gasteiger partial charge is 0.332 e. The third-order valence-corrected chi connectivity index (χ3v) is 3.58. The van der Waals surface area contributed by atoms with E-state index in [0.29, 0.717) is 36.5 Å². The number of hydrogen-bond acceptors (Lipinski definition) is 4. The van der Waals surface area contributed by atoms with Gasteiger partial charge in [-0.05, 0) is 35.2 Å². The molecule has 2 aromatic carbocycles. The van der Waals surface area contributed by atoms with E-state index in [1.54, 1.807) is 24.3 Å². The van der Waals surface area contributed by atoms with E-state index >= 15 is 0 Å². The molecule has 3 rings (SSSR count). The second kappa shape index (κ2) is 5.86. The number of urea groups is 1. The van der Waals surface area contributed by atoms with Gasteiger partial charge in [-0.2, -0.15) is 5.10 Å². The van der Waals surface area contributed by atoms with Crippen molar-refractivity contribution in [2.24, 2.45) is 10.8 Å². The molecule has 0 aliphatic carbocycles. The van der Waals surface area contributed by atoms with Gasteiger partial charge in [0.15, 0.2) is 0 Å². The molecule has 7 nitrogen and oxygen atoms in total. The highest BCUT2D eigenvalue weighted by molar-refractivity contribution is 6.31. The number of rotatable bonds is 1. The molecule has 0 saturated carbocycles. The number of amides is 2. The number of hydrogen-bond donors (Lipinski definition) is 2. The van der Waals surface area contributed by atoms with Crippen LogP contribution in [0.25, 0.3) is 21.8 Å². The van der Waals surface area contributed by atoms with Gasteiger partial charge in [0.1, 0.15) is 10.9 Å². The highest BCUT2D eigenvalue weighted by Crippen LogP contribution is 2.17. The van der Waals surface area contributed by atoms with Crippen molar-refractivity contribution in [3.63, 3.8) is 0 Å². The second-order valence-electron chi connectivity index (χ2n) is 4.63. The summed E-state index contributed by atoms with van der Waals surface area (Å²) < 4.78 is 0. The second-order valence-corrected chi connectivity index (χ2v) is 5.51. The first kappa shape index (κ1) is 15.3. The number of benzene rings is 2. The Morgan fingerprint density at radius 2 is 1.83 bits per heavy atom. The first-order valence-corrected chi connectivity index (χ1v) is 7.13. The minimum absolute atomic E-state index is 0.190. The van der Waals surface area contributed by atoms with Crippen LogP contribution in [0.4, 0.5) is 4.79 Å². The van der Waals surface area contributed by atoms with E-state index in [-0.39, 0.29) is 5.52 Å². The summed E-state index contributed by atoms with van der Waals surface area (Å²) in [4.78, 5) is 11.4. The van der Waals surface area contributed by atoms with Crippen LogP contribution in [0.2, 0.25) is 10.0 Å². The van der Waals surface area contributed by atoms with Gasteiger partial charge < -0.3 is 10.9 Å². The van der Waals surface area contributed by atoms with Crippen LogP contribution in [0.5, 0.6) is 0 Å². The van der Waals surface area contributed by atoms with Crippen LogP contribution >= 0.6 is 23.2 Å². The van der Waals surface area contributed by atoms with E-state index in [0.717, 1.165) is 0 Å². The molecule has 1 heterocycles. The summed E-state index contributed by atoms with van der Waals surface area (Å²) in [5.74, 6) is 0. The van der Waals surface area contributed by atoms with Crippen molar-refractivity contribution < 1.29 is 9.64 Å². The molecular formula is C14H9Cl2N5O2. The highest BCUT2D eigenvalue weighted by atomic mass is 35.5. The fourth-order valence-electron chi connectivity index (χ4n) is 2.18. The minimum Gasteiger partial charge on any atom is -0.594 e. The summed E-state index contributed by atoms with van der Waals surface area (Å²) >= 11 is 11.9. The van der Waals surface area contributed by atoms with Gasteiger partial charge in [-0.15, -0.1) is 0 Å². The molecule has 2 amide bonds. The molecule has 0 bridgehead atoms. The Hall–Kier alpha value is -2.64. The molecule has 116 valence electrons. The normalized spacial score (nSPS) is 11.8. The van der Waals surface area contributed by atoms with E-state index in [9.17, 15) is 10.0 Å². The SMILES string of the molecule is NC(=O)N/N=c1\c2ccc(Cl)cc2n[n+]([O-])c2cc(Cl)ccc12. The van der Waals surface area contributed by atoms with Crippen LogP contribution in [-0.4, -0.2) is 11.1 Å². The van der Waals surface area contributed by atoms with Gasteiger partial charge in [-0.1, -0.05) is 23.2 Å². The molecule has 23 heavy (non-hydrogen) atoms. The Labute approximate surface area is 139 Å². The van der Waals surface area contributed by atoms with Gasteiger partial charge in [0.2, 0.25) is 0 Å². The molecule has 0 spiro atoms. The topological polar surface area (TPSA) is 107 Å². The zero-order valence-corrected chi connectivity index (χ0v) is 13.0. The van der Waals surface area contributed by atoms with Crippen LogP contribution in [0, 0.1) is 5.21 Å². The van der Waals surface area contributed by atoms with Gasteiger partial charge in [0, 0.05) is 26.6 Å².